The van der Waals surface area contributed by atoms with Crippen LogP contribution in [0.3, 0.4) is 0 Å². The molecular weight excluding hydrogens is 220 g/mol. The van der Waals surface area contributed by atoms with Gasteiger partial charge in [-0.15, -0.1) is 0 Å². The summed E-state index contributed by atoms with van der Waals surface area (Å²) in [4.78, 5) is 2.24. The van der Waals surface area contributed by atoms with Crippen molar-refractivity contribution in [3.63, 3.8) is 0 Å². The molecule has 0 bridgehead atoms. The van der Waals surface area contributed by atoms with Crippen LogP contribution < -0.4 is 10.2 Å². The molecule has 2 nitrogen and oxygen atoms in total. The highest BCUT2D eigenvalue weighted by molar-refractivity contribution is 6.33. The number of anilines is 1. The first-order chi connectivity index (χ1) is 7.56. The summed E-state index contributed by atoms with van der Waals surface area (Å²) in [5.74, 6) is 0.628. The lowest BCUT2D eigenvalue weighted by atomic mass is 10.1. The summed E-state index contributed by atoms with van der Waals surface area (Å²) in [7, 11) is 4.05. The molecule has 0 saturated heterocycles. The Bertz CT molecular complexity index is 337. The van der Waals surface area contributed by atoms with E-state index in [1.54, 1.807) is 0 Å². The predicted octanol–water partition coefficient (Wildman–Crippen LogP) is 3.15. The molecule has 0 saturated carbocycles. The molecule has 0 fully saturated rings. The highest BCUT2D eigenvalue weighted by atomic mass is 35.5. The van der Waals surface area contributed by atoms with E-state index in [4.69, 9.17) is 11.6 Å². The van der Waals surface area contributed by atoms with Gasteiger partial charge in [-0.05, 0) is 24.6 Å². The molecule has 0 atom stereocenters. The summed E-state index contributed by atoms with van der Waals surface area (Å²) in [6, 6.07) is 6.07. The Labute approximate surface area is 104 Å². The van der Waals surface area contributed by atoms with Crippen LogP contribution in [-0.2, 0) is 6.54 Å². The molecule has 1 N–H and O–H groups in total. The summed E-state index contributed by atoms with van der Waals surface area (Å²) in [5.41, 5.74) is 2.39. The van der Waals surface area contributed by atoms with E-state index in [0.717, 1.165) is 23.8 Å². The van der Waals surface area contributed by atoms with Crippen LogP contribution >= 0.6 is 11.6 Å². The average Bonchev–Trinajstić information content (AvgIpc) is 2.16. The van der Waals surface area contributed by atoms with Crippen LogP contribution in [0.25, 0.3) is 0 Å². The monoisotopic (exact) mass is 240 g/mol. The lowest BCUT2D eigenvalue weighted by Gasteiger charge is -2.25. The Kier molecular flexibility index (Phi) is 5.10. The Morgan fingerprint density at radius 3 is 2.62 bits per heavy atom. The summed E-state index contributed by atoms with van der Waals surface area (Å²) in [6.07, 6.45) is 0. The van der Waals surface area contributed by atoms with Crippen LogP contribution in [0.15, 0.2) is 18.2 Å². The molecule has 0 spiro atoms. The van der Waals surface area contributed by atoms with Gasteiger partial charge >= 0.3 is 0 Å². The minimum Gasteiger partial charge on any atom is -0.373 e. The van der Waals surface area contributed by atoms with Crippen LogP contribution in [-0.4, -0.2) is 20.6 Å². The molecule has 3 heteroatoms. The Hall–Kier alpha value is -0.730. The fourth-order valence-corrected chi connectivity index (χ4v) is 2.30. The molecule has 16 heavy (non-hydrogen) atoms. The van der Waals surface area contributed by atoms with Gasteiger partial charge in [0.1, 0.15) is 0 Å². The standard InChI is InChI=1S/C13H21ClN2/c1-10(2)9-16(4)13-11(8-15-3)6-5-7-12(13)14/h5-7,10,15H,8-9H2,1-4H3. The lowest BCUT2D eigenvalue weighted by Crippen LogP contribution is -2.24. The number of nitrogens with zero attached hydrogens (tertiary/aromatic N) is 1. The summed E-state index contributed by atoms with van der Waals surface area (Å²) >= 11 is 6.27. The Balaban J connectivity index is 2.99. The number of rotatable bonds is 5. The molecular formula is C13H21ClN2. The minimum atomic E-state index is 0.628. The van der Waals surface area contributed by atoms with Gasteiger partial charge in [-0.3, -0.25) is 0 Å². The van der Waals surface area contributed by atoms with Crippen molar-refractivity contribution in [3.05, 3.63) is 28.8 Å². The van der Waals surface area contributed by atoms with Crippen molar-refractivity contribution in [2.45, 2.75) is 20.4 Å². The van der Waals surface area contributed by atoms with Crippen LogP contribution in [0.1, 0.15) is 19.4 Å². The van der Waals surface area contributed by atoms with E-state index in [1.165, 1.54) is 5.56 Å². The summed E-state index contributed by atoms with van der Waals surface area (Å²) in [6.45, 7) is 6.29. The van der Waals surface area contributed by atoms with E-state index in [-0.39, 0.29) is 0 Å². The van der Waals surface area contributed by atoms with E-state index in [1.807, 2.05) is 19.2 Å². The topological polar surface area (TPSA) is 15.3 Å². The van der Waals surface area contributed by atoms with Crippen LogP contribution in [0.4, 0.5) is 5.69 Å². The van der Waals surface area contributed by atoms with Crippen LogP contribution in [0.2, 0.25) is 5.02 Å². The van der Waals surface area contributed by atoms with Crippen molar-refractivity contribution in [3.8, 4) is 0 Å². The normalized spacial score (nSPS) is 10.9. The highest BCUT2D eigenvalue weighted by Crippen LogP contribution is 2.29. The number of nitrogens with one attached hydrogen (secondary N) is 1. The van der Waals surface area contributed by atoms with Crippen molar-refractivity contribution in [1.29, 1.82) is 0 Å². The van der Waals surface area contributed by atoms with Gasteiger partial charge in [-0.25, -0.2) is 0 Å². The van der Waals surface area contributed by atoms with Crippen molar-refractivity contribution in [1.82, 2.24) is 5.32 Å². The molecule has 0 aliphatic rings. The second-order valence-electron chi connectivity index (χ2n) is 4.55. The van der Waals surface area contributed by atoms with Gasteiger partial charge in [0.05, 0.1) is 10.7 Å². The van der Waals surface area contributed by atoms with Gasteiger partial charge in [-0.2, -0.15) is 0 Å². The van der Waals surface area contributed by atoms with E-state index >= 15 is 0 Å². The molecule has 0 radical (unpaired) electrons. The second kappa shape index (κ2) is 6.12. The maximum Gasteiger partial charge on any atom is 0.0642 e. The molecule has 1 aromatic rings. The molecule has 90 valence electrons. The van der Waals surface area contributed by atoms with E-state index in [2.05, 4.69) is 37.2 Å². The van der Waals surface area contributed by atoms with Gasteiger partial charge in [0.2, 0.25) is 0 Å². The lowest BCUT2D eigenvalue weighted by molar-refractivity contribution is 0.636. The molecule has 0 unspecified atom stereocenters. The predicted molar refractivity (Wildman–Crippen MR) is 72.3 cm³/mol. The largest absolute Gasteiger partial charge is 0.373 e. The van der Waals surface area contributed by atoms with Gasteiger partial charge in [0.25, 0.3) is 0 Å². The van der Waals surface area contributed by atoms with Crippen LogP contribution in [0, 0.1) is 5.92 Å². The van der Waals surface area contributed by atoms with E-state index < -0.39 is 0 Å². The van der Waals surface area contributed by atoms with Crippen molar-refractivity contribution >= 4 is 17.3 Å². The third-order valence-electron chi connectivity index (χ3n) is 2.46. The van der Waals surface area contributed by atoms with Gasteiger partial charge in [-0.1, -0.05) is 37.6 Å². The molecule has 0 aliphatic carbocycles. The zero-order valence-corrected chi connectivity index (χ0v) is 11.3. The number of halogens is 1. The van der Waals surface area contributed by atoms with E-state index in [0.29, 0.717) is 5.92 Å². The Morgan fingerprint density at radius 1 is 1.38 bits per heavy atom. The van der Waals surface area contributed by atoms with Crippen molar-refractivity contribution < 1.29 is 0 Å². The molecule has 0 aromatic heterocycles. The summed E-state index contributed by atoms with van der Waals surface area (Å²) in [5, 5.41) is 4.00. The molecule has 1 rings (SSSR count). The fourth-order valence-electron chi connectivity index (χ4n) is 1.96. The first kappa shape index (κ1) is 13.3. The average molecular weight is 241 g/mol. The van der Waals surface area contributed by atoms with Crippen molar-refractivity contribution in [2.75, 3.05) is 25.5 Å². The smallest absolute Gasteiger partial charge is 0.0642 e. The SMILES string of the molecule is CNCc1cccc(Cl)c1N(C)CC(C)C. The molecule has 0 amide bonds. The molecule has 0 aliphatic heterocycles. The van der Waals surface area contributed by atoms with Gasteiger partial charge in [0, 0.05) is 20.1 Å². The maximum absolute atomic E-state index is 6.27. The minimum absolute atomic E-state index is 0.628. The van der Waals surface area contributed by atoms with Crippen molar-refractivity contribution in [2.24, 2.45) is 5.92 Å². The third-order valence-corrected chi connectivity index (χ3v) is 2.76. The third kappa shape index (κ3) is 3.39. The fraction of sp³-hybridized carbons (Fsp3) is 0.538. The van der Waals surface area contributed by atoms with Crippen LogP contribution in [0.5, 0.6) is 0 Å². The van der Waals surface area contributed by atoms with E-state index in [9.17, 15) is 0 Å². The Morgan fingerprint density at radius 2 is 2.06 bits per heavy atom. The zero-order valence-electron chi connectivity index (χ0n) is 10.5. The second-order valence-corrected chi connectivity index (χ2v) is 4.96. The quantitative estimate of drug-likeness (QED) is 0.851. The first-order valence-electron chi connectivity index (χ1n) is 5.69. The number of para-hydroxylation sites is 1. The number of hydrogen-bond donors (Lipinski definition) is 1. The molecule has 1 aromatic carbocycles. The van der Waals surface area contributed by atoms with Gasteiger partial charge in [0.15, 0.2) is 0 Å². The highest BCUT2D eigenvalue weighted by Gasteiger charge is 2.11. The summed E-state index contributed by atoms with van der Waals surface area (Å²) < 4.78 is 0. The van der Waals surface area contributed by atoms with Gasteiger partial charge < -0.3 is 10.2 Å². The maximum atomic E-state index is 6.27. The number of benzene rings is 1. The first-order valence-corrected chi connectivity index (χ1v) is 6.07. The molecule has 0 heterocycles. The number of hydrogen-bond acceptors (Lipinski definition) is 2. The zero-order chi connectivity index (χ0) is 12.1.